The number of hydrogen-bond acceptors (Lipinski definition) is 8. The first-order valence-electron chi connectivity index (χ1n) is 7.51. The minimum absolute atomic E-state index is 0.0517. The third-order valence-electron chi connectivity index (χ3n) is 2.91. The van der Waals surface area contributed by atoms with E-state index < -0.39 is 40.5 Å². The average molecular weight is 519 g/mol. The van der Waals surface area contributed by atoms with E-state index in [2.05, 4.69) is 20.6 Å². The molecular weight excluding hydrogens is 496 g/mol. The fourth-order valence-corrected chi connectivity index (χ4v) is 2.86. The zero-order valence-corrected chi connectivity index (χ0v) is 19.0. The Labute approximate surface area is 180 Å². The molecule has 0 unspecified atom stereocenters. The summed E-state index contributed by atoms with van der Waals surface area (Å²) in [6.07, 6.45) is 0.537. The zero-order chi connectivity index (χ0) is 24.7. The maximum atomic E-state index is 11.1. The van der Waals surface area contributed by atoms with E-state index in [9.17, 15) is 33.7 Å². The second-order valence-corrected chi connectivity index (χ2v) is 11.2. The van der Waals surface area contributed by atoms with Gasteiger partial charge in [0.2, 0.25) is 20.0 Å². The van der Waals surface area contributed by atoms with Gasteiger partial charge in [-0.1, -0.05) is 24.3 Å². The molecule has 0 aliphatic heterocycles. The van der Waals surface area contributed by atoms with Gasteiger partial charge in [-0.2, -0.15) is 16.8 Å². The van der Waals surface area contributed by atoms with Crippen molar-refractivity contribution < 1.29 is 33.7 Å². The minimum Gasteiger partial charge on any atom is -0.225 e. The molecule has 0 amide bonds. The maximum Gasteiger partial charge on any atom is 0.271 e. The van der Waals surface area contributed by atoms with Crippen molar-refractivity contribution in [2.24, 2.45) is 30.8 Å². The predicted molar refractivity (Wildman–Crippen MR) is 113 cm³/mol. The summed E-state index contributed by atoms with van der Waals surface area (Å²) in [5.74, 6) is 0. The standard InChI is InChI=1S/C13H14N2O4S2.2H4N2O2S/c14-20(16,17)12-5-1-10(2-6-12)9-11-3-7-13(8-4-11)21(15,18)19;2*1-5(2,3)4/h1-8H,9H2,(H2,14,16,17)(H2,15,18,19);2*(H4,1,2,3,4). The van der Waals surface area contributed by atoms with Crippen LogP contribution in [0.25, 0.3) is 0 Å². The summed E-state index contributed by atoms with van der Waals surface area (Å²) in [6, 6.07) is 12.4. The second kappa shape index (κ2) is 11.0. The molecule has 12 N–H and O–H groups in total. The quantitative estimate of drug-likeness (QED) is 0.240. The Morgan fingerprint density at radius 2 is 0.645 bits per heavy atom. The fraction of sp³-hybridized carbons (Fsp3) is 0.0769. The van der Waals surface area contributed by atoms with E-state index in [1.807, 2.05) is 0 Å². The zero-order valence-electron chi connectivity index (χ0n) is 15.7. The molecule has 0 aromatic heterocycles. The van der Waals surface area contributed by atoms with E-state index in [4.69, 9.17) is 10.3 Å². The van der Waals surface area contributed by atoms with Gasteiger partial charge in [0, 0.05) is 0 Å². The van der Waals surface area contributed by atoms with Crippen molar-refractivity contribution in [2.75, 3.05) is 0 Å². The minimum atomic E-state index is -3.70. The van der Waals surface area contributed by atoms with Gasteiger partial charge in [0.15, 0.2) is 0 Å². The van der Waals surface area contributed by atoms with Gasteiger partial charge in [-0.15, -0.1) is 0 Å². The van der Waals surface area contributed by atoms with Crippen molar-refractivity contribution in [1.29, 1.82) is 0 Å². The van der Waals surface area contributed by atoms with Crippen molar-refractivity contribution in [3.05, 3.63) is 59.7 Å². The van der Waals surface area contributed by atoms with Crippen LogP contribution < -0.4 is 30.8 Å². The predicted octanol–water partition coefficient (Wildman–Crippen LogP) is -3.13. The van der Waals surface area contributed by atoms with Crippen LogP contribution in [0, 0.1) is 0 Å². The Kier molecular flexibility index (Phi) is 10.3. The lowest BCUT2D eigenvalue weighted by molar-refractivity contribution is 0.596. The Bertz CT molecular complexity index is 1170. The van der Waals surface area contributed by atoms with Gasteiger partial charge >= 0.3 is 0 Å². The van der Waals surface area contributed by atoms with Crippen molar-refractivity contribution in [2.45, 2.75) is 16.2 Å². The molecule has 0 saturated carbocycles. The normalized spacial score (nSPS) is 12.1. The van der Waals surface area contributed by atoms with Crippen molar-refractivity contribution >= 4 is 40.5 Å². The highest BCUT2D eigenvalue weighted by Gasteiger charge is 2.08. The number of benzene rings is 2. The van der Waals surface area contributed by atoms with Crippen molar-refractivity contribution in [3.8, 4) is 0 Å². The second-order valence-electron chi connectivity index (χ2n) is 5.73. The van der Waals surface area contributed by atoms with Crippen LogP contribution in [0.3, 0.4) is 0 Å². The summed E-state index contributed by atoms with van der Waals surface area (Å²) in [6.45, 7) is 0. The highest BCUT2D eigenvalue weighted by Crippen LogP contribution is 2.15. The van der Waals surface area contributed by atoms with Gasteiger partial charge in [-0.25, -0.2) is 47.7 Å². The van der Waals surface area contributed by atoms with Gasteiger partial charge in [0.05, 0.1) is 9.79 Å². The first-order valence-corrected chi connectivity index (χ1v) is 13.8. The molecular formula is C13H22N6O8S4. The third kappa shape index (κ3) is 16.4. The largest absolute Gasteiger partial charge is 0.271 e. The lowest BCUT2D eigenvalue weighted by atomic mass is 10.1. The van der Waals surface area contributed by atoms with Gasteiger partial charge < -0.3 is 0 Å². The van der Waals surface area contributed by atoms with Crippen LogP contribution in [-0.2, 0) is 46.9 Å². The van der Waals surface area contributed by atoms with E-state index in [0.717, 1.165) is 11.1 Å². The number of hydrogen-bond donors (Lipinski definition) is 6. The SMILES string of the molecule is NS(=O)(=O)c1ccc(Cc2ccc(S(N)(=O)=O)cc2)cc1.NS(N)(=O)=O.NS(N)(=O)=O. The maximum absolute atomic E-state index is 11.1. The lowest BCUT2D eigenvalue weighted by Gasteiger charge is -2.04. The molecule has 0 fully saturated rings. The van der Waals surface area contributed by atoms with E-state index in [-0.39, 0.29) is 9.79 Å². The molecule has 2 rings (SSSR count). The highest BCUT2D eigenvalue weighted by molar-refractivity contribution is 7.89. The number of nitrogens with two attached hydrogens (primary N) is 6. The Morgan fingerprint density at radius 3 is 0.806 bits per heavy atom. The smallest absolute Gasteiger partial charge is 0.225 e. The summed E-state index contributed by atoms with van der Waals surface area (Å²) in [4.78, 5) is 0.103. The van der Waals surface area contributed by atoms with E-state index >= 15 is 0 Å². The Hall–Kier alpha value is -2.00. The van der Waals surface area contributed by atoms with Gasteiger partial charge in [0.25, 0.3) is 20.4 Å². The van der Waals surface area contributed by atoms with Crippen molar-refractivity contribution in [1.82, 2.24) is 0 Å². The molecule has 0 aliphatic rings. The highest BCUT2D eigenvalue weighted by atomic mass is 32.2. The van der Waals surface area contributed by atoms with Crippen LogP contribution in [0.1, 0.15) is 11.1 Å². The fourth-order valence-electron chi connectivity index (χ4n) is 1.83. The molecule has 18 heteroatoms. The molecule has 14 nitrogen and oxygen atoms in total. The summed E-state index contributed by atoms with van der Waals surface area (Å²) in [5, 5.41) is 26.5. The molecule has 0 heterocycles. The van der Waals surface area contributed by atoms with Gasteiger partial charge in [0.1, 0.15) is 0 Å². The number of rotatable bonds is 4. The average Bonchev–Trinajstić information content (AvgIpc) is 2.51. The lowest BCUT2D eigenvalue weighted by Crippen LogP contribution is -2.21. The van der Waals surface area contributed by atoms with Crippen LogP contribution in [0.15, 0.2) is 58.3 Å². The van der Waals surface area contributed by atoms with Crippen LogP contribution in [0.5, 0.6) is 0 Å². The molecule has 2 aromatic rings. The molecule has 176 valence electrons. The van der Waals surface area contributed by atoms with Crippen molar-refractivity contribution in [3.63, 3.8) is 0 Å². The monoisotopic (exact) mass is 518 g/mol. The molecule has 0 spiro atoms. The summed E-state index contributed by atoms with van der Waals surface area (Å²) in [5.41, 5.74) is 1.76. The molecule has 0 bridgehead atoms. The van der Waals surface area contributed by atoms with Gasteiger partial charge in [-0.05, 0) is 41.8 Å². The summed E-state index contributed by atoms with van der Waals surface area (Å²) in [7, 11) is -14.7. The first kappa shape index (κ1) is 29.0. The van der Waals surface area contributed by atoms with E-state index in [0.29, 0.717) is 6.42 Å². The molecule has 0 atom stereocenters. The topological polar surface area (TPSA) is 293 Å². The van der Waals surface area contributed by atoms with Crippen LogP contribution in [-0.4, -0.2) is 33.7 Å². The number of sulfonamides is 2. The van der Waals surface area contributed by atoms with E-state index in [1.165, 1.54) is 24.3 Å². The molecule has 0 saturated heterocycles. The molecule has 31 heavy (non-hydrogen) atoms. The van der Waals surface area contributed by atoms with E-state index in [1.54, 1.807) is 24.3 Å². The van der Waals surface area contributed by atoms with Gasteiger partial charge in [-0.3, -0.25) is 0 Å². The van der Waals surface area contributed by atoms with Crippen LogP contribution in [0.4, 0.5) is 0 Å². The van der Waals surface area contributed by atoms with Crippen LogP contribution in [0.2, 0.25) is 0 Å². The molecule has 2 aromatic carbocycles. The Morgan fingerprint density at radius 1 is 0.452 bits per heavy atom. The Balaban J connectivity index is 0.000000752. The van der Waals surface area contributed by atoms with Crippen LogP contribution >= 0.6 is 0 Å². The number of primary sulfonamides is 2. The molecule has 0 aliphatic carbocycles. The summed E-state index contributed by atoms with van der Waals surface area (Å²) >= 11 is 0. The third-order valence-corrected chi connectivity index (χ3v) is 4.77. The first-order chi connectivity index (χ1) is 13.7. The summed E-state index contributed by atoms with van der Waals surface area (Å²) < 4.78 is 81.3. The molecule has 0 radical (unpaired) electrons.